The van der Waals surface area contributed by atoms with Gasteiger partial charge in [0.05, 0.1) is 0 Å². The summed E-state index contributed by atoms with van der Waals surface area (Å²) in [6.07, 6.45) is 4.07. The van der Waals surface area contributed by atoms with Crippen LogP contribution in [0.4, 0.5) is 0 Å². The summed E-state index contributed by atoms with van der Waals surface area (Å²) >= 11 is 6.12. The summed E-state index contributed by atoms with van der Waals surface area (Å²) in [7, 11) is 0. The van der Waals surface area contributed by atoms with E-state index in [0.717, 1.165) is 17.5 Å². The van der Waals surface area contributed by atoms with E-state index in [1.54, 1.807) is 19.3 Å². The number of fused-ring (bicyclic) bond motifs is 1. The molecule has 0 aliphatic carbocycles. The van der Waals surface area contributed by atoms with Crippen molar-refractivity contribution in [2.75, 3.05) is 0 Å². The van der Waals surface area contributed by atoms with Gasteiger partial charge in [-0.25, -0.2) is 9.97 Å². The van der Waals surface area contributed by atoms with E-state index in [4.69, 9.17) is 11.6 Å². The Morgan fingerprint density at radius 1 is 1.27 bits per heavy atom. The lowest BCUT2D eigenvalue weighted by molar-refractivity contribution is 0.560. The first kappa shape index (κ1) is 14.7. The second-order valence-electron chi connectivity index (χ2n) is 5.19. The van der Waals surface area contributed by atoms with Gasteiger partial charge in [-0.3, -0.25) is 9.48 Å². The number of halogens is 1. The van der Waals surface area contributed by atoms with E-state index in [9.17, 15) is 4.79 Å². The second-order valence-corrected chi connectivity index (χ2v) is 5.55. The molecule has 22 heavy (non-hydrogen) atoms. The van der Waals surface area contributed by atoms with Crippen molar-refractivity contribution in [2.45, 2.75) is 33.7 Å². The van der Waals surface area contributed by atoms with Crippen molar-refractivity contribution in [1.82, 2.24) is 24.1 Å². The maximum absolute atomic E-state index is 12.4. The van der Waals surface area contributed by atoms with Crippen LogP contribution in [-0.2, 0) is 6.54 Å². The lowest BCUT2D eigenvalue weighted by Gasteiger charge is -2.10. The molecule has 0 aliphatic rings. The molecule has 0 saturated heterocycles. The van der Waals surface area contributed by atoms with E-state index in [1.165, 1.54) is 4.52 Å². The van der Waals surface area contributed by atoms with Crippen molar-refractivity contribution in [3.05, 3.63) is 45.1 Å². The molecule has 0 aliphatic heterocycles. The van der Waals surface area contributed by atoms with Crippen molar-refractivity contribution < 1.29 is 0 Å². The van der Waals surface area contributed by atoms with Gasteiger partial charge in [-0.2, -0.15) is 9.50 Å². The van der Waals surface area contributed by atoms with Crippen LogP contribution in [0.5, 0.6) is 0 Å². The van der Waals surface area contributed by atoms with Crippen LogP contribution in [0.2, 0.25) is 5.15 Å². The highest BCUT2D eigenvalue weighted by Crippen LogP contribution is 2.26. The number of hydrogen-bond donors (Lipinski definition) is 0. The molecule has 0 bridgehead atoms. The zero-order chi connectivity index (χ0) is 15.9. The monoisotopic (exact) mass is 317 g/mol. The van der Waals surface area contributed by atoms with Crippen LogP contribution in [-0.4, -0.2) is 24.1 Å². The van der Waals surface area contributed by atoms with Gasteiger partial charge in [0.1, 0.15) is 5.15 Å². The fraction of sp³-hybridized carbons (Fsp3) is 0.333. The highest BCUT2D eigenvalue weighted by molar-refractivity contribution is 6.30. The summed E-state index contributed by atoms with van der Waals surface area (Å²) in [5, 5.41) is 0.434. The van der Waals surface area contributed by atoms with Crippen LogP contribution >= 0.6 is 11.6 Å². The fourth-order valence-corrected chi connectivity index (χ4v) is 2.59. The Hall–Kier alpha value is -2.21. The van der Waals surface area contributed by atoms with Crippen LogP contribution < -0.4 is 5.56 Å². The molecule has 114 valence electrons. The van der Waals surface area contributed by atoms with Gasteiger partial charge in [0, 0.05) is 30.1 Å². The third-order valence-electron chi connectivity index (χ3n) is 3.60. The molecule has 0 radical (unpaired) electrons. The summed E-state index contributed by atoms with van der Waals surface area (Å²) in [4.78, 5) is 25.3. The van der Waals surface area contributed by atoms with Crippen molar-refractivity contribution >= 4 is 17.4 Å². The van der Waals surface area contributed by atoms with Gasteiger partial charge >= 0.3 is 0 Å². The third-order valence-corrected chi connectivity index (χ3v) is 3.98. The van der Waals surface area contributed by atoms with Crippen LogP contribution in [0.25, 0.3) is 17.2 Å². The first-order valence-electron chi connectivity index (χ1n) is 7.11. The smallest absolute Gasteiger partial charge is 0.267 e. The van der Waals surface area contributed by atoms with Gasteiger partial charge < -0.3 is 0 Å². The Kier molecular flexibility index (Phi) is 3.70. The number of nitrogens with zero attached hydrogens (tertiary/aromatic N) is 5. The first-order valence-corrected chi connectivity index (χ1v) is 7.49. The van der Waals surface area contributed by atoms with Gasteiger partial charge in [0.25, 0.3) is 11.3 Å². The molecular weight excluding hydrogens is 302 g/mol. The molecule has 0 saturated carbocycles. The Morgan fingerprint density at radius 2 is 2.05 bits per heavy atom. The topological polar surface area (TPSA) is 65.1 Å². The molecule has 3 aromatic heterocycles. The van der Waals surface area contributed by atoms with E-state index < -0.39 is 0 Å². The minimum atomic E-state index is -0.102. The standard InChI is InChI=1S/C15H16ClN5O/c1-4-7-20-13(11-5-6-17-12(16)10(11)3)19-15-18-8-9(2)14(22)21(15)20/h5-6,8H,4,7H2,1-3H3. The predicted octanol–water partition coefficient (Wildman–Crippen LogP) is 2.63. The van der Waals surface area contributed by atoms with E-state index in [-0.39, 0.29) is 5.56 Å². The Bertz CT molecular complexity index is 912. The number of pyridine rings is 1. The van der Waals surface area contributed by atoms with Gasteiger partial charge in [-0.05, 0) is 31.9 Å². The zero-order valence-electron chi connectivity index (χ0n) is 12.7. The molecule has 0 N–H and O–H groups in total. The summed E-state index contributed by atoms with van der Waals surface area (Å²) in [5.41, 5.74) is 2.18. The highest BCUT2D eigenvalue weighted by atomic mass is 35.5. The van der Waals surface area contributed by atoms with Gasteiger partial charge in [0.15, 0.2) is 5.82 Å². The minimum Gasteiger partial charge on any atom is -0.267 e. The van der Waals surface area contributed by atoms with Crippen molar-refractivity contribution in [3.8, 4) is 11.4 Å². The molecule has 0 unspecified atom stereocenters. The number of aryl methyl sites for hydroxylation is 2. The first-order chi connectivity index (χ1) is 10.5. The van der Waals surface area contributed by atoms with Gasteiger partial charge in [-0.1, -0.05) is 18.5 Å². The van der Waals surface area contributed by atoms with E-state index in [2.05, 4.69) is 21.9 Å². The average Bonchev–Trinajstić information content (AvgIpc) is 2.86. The summed E-state index contributed by atoms with van der Waals surface area (Å²) < 4.78 is 3.39. The molecule has 3 aromatic rings. The number of aromatic nitrogens is 5. The number of rotatable bonds is 3. The minimum absolute atomic E-state index is 0.102. The molecule has 0 fully saturated rings. The molecular formula is C15H16ClN5O. The van der Waals surface area contributed by atoms with Crippen LogP contribution in [0, 0.1) is 13.8 Å². The maximum atomic E-state index is 12.4. The Balaban J connectivity index is 2.39. The lowest BCUT2D eigenvalue weighted by Crippen LogP contribution is -2.23. The average molecular weight is 318 g/mol. The maximum Gasteiger partial charge on any atom is 0.277 e. The summed E-state index contributed by atoms with van der Waals surface area (Å²) in [6.45, 7) is 6.35. The molecule has 0 atom stereocenters. The quantitative estimate of drug-likeness (QED) is 0.697. The molecule has 3 heterocycles. The van der Waals surface area contributed by atoms with E-state index in [0.29, 0.717) is 28.9 Å². The molecule has 6 nitrogen and oxygen atoms in total. The largest absolute Gasteiger partial charge is 0.277 e. The molecule has 0 spiro atoms. The van der Waals surface area contributed by atoms with Gasteiger partial charge in [0.2, 0.25) is 0 Å². The third kappa shape index (κ3) is 2.20. The summed E-state index contributed by atoms with van der Waals surface area (Å²) in [6, 6.07) is 1.85. The van der Waals surface area contributed by atoms with Crippen LogP contribution in [0.3, 0.4) is 0 Å². The van der Waals surface area contributed by atoms with Crippen molar-refractivity contribution in [2.24, 2.45) is 0 Å². The van der Waals surface area contributed by atoms with Gasteiger partial charge in [-0.15, -0.1) is 0 Å². The summed E-state index contributed by atoms with van der Waals surface area (Å²) in [5.74, 6) is 1.07. The zero-order valence-corrected chi connectivity index (χ0v) is 13.4. The van der Waals surface area contributed by atoms with Crippen molar-refractivity contribution in [1.29, 1.82) is 0 Å². The highest BCUT2D eigenvalue weighted by Gasteiger charge is 2.17. The Labute approximate surface area is 132 Å². The molecule has 0 amide bonds. The molecule has 3 rings (SSSR count). The molecule has 0 aromatic carbocycles. The molecule has 7 heteroatoms. The number of hydrogen-bond acceptors (Lipinski definition) is 4. The van der Waals surface area contributed by atoms with E-state index in [1.807, 2.05) is 17.7 Å². The van der Waals surface area contributed by atoms with Crippen LogP contribution in [0.15, 0.2) is 23.3 Å². The lowest BCUT2D eigenvalue weighted by atomic mass is 10.1. The normalized spacial score (nSPS) is 11.3. The second kappa shape index (κ2) is 5.53. The Morgan fingerprint density at radius 3 is 2.77 bits per heavy atom. The van der Waals surface area contributed by atoms with Crippen molar-refractivity contribution in [3.63, 3.8) is 0 Å². The van der Waals surface area contributed by atoms with E-state index >= 15 is 0 Å². The predicted molar refractivity (Wildman–Crippen MR) is 85.3 cm³/mol. The SMILES string of the molecule is CCCn1c(-c2ccnc(Cl)c2C)nc2ncc(C)c(=O)n21. The van der Waals surface area contributed by atoms with Crippen LogP contribution in [0.1, 0.15) is 24.5 Å². The fourth-order valence-electron chi connectivity index (χ4n) is 2.43.